The highest BCUT2D eigenvalue weighted by atomic mass is 35.5. The normalized spacial score (nSPS) is 24.3. The zero-order valence-electron chi connectivity index (χ0n) is 21.1. The van der Waals surface area contributed by atoms with Crippen molar-refractivity contribution in [1.82, 2.24) is 9.80 Å². The van der Waals surface area contributed by atoms with Gasteiger partial charge in [0, 0.05) is 27.6 Å². The van der Waals surface area contributed by atoms with Crippen molar-refractivity contribution in [2.45, 2.75) is 42.9 Å². The highest BCUT2D eigenvalue weighted by molar-refractivity contribution is 6.34. The molecule has 0 N–H and O–H groups in total. The van der Waals surface area contributed by atoms with Crippen molar-refractivity contribution in [2.24, 2.45) is 5.16 Å². The second-order valence-corrected chi connectivity index (χ2v) is 10.8. The number of benzene rings is 2. The van der Waals surface area contributed by atoms with E-state index in [1.165, 1.54) is 6.07 Å². The molecule has 0 bridgehead atoms. The Kier molecular flexibility index (Phi) is 7.57. The number of hydrogen-bond acceptors (Lipinski definition) is 5. The maximum atomic E-state index is 14.3. The van der Waals surface area contributed by atoms with Crippen molar-refractivity contribution in [3.63, 3.8) is 0 Å². The summed E-state index contributed by atoms with van der Waals surface area (Å²) in [5.74, 6) is -2.54. The number of nitrogens with zero attached hydrogens (tertiary/aromatic N) is 3. The van der Waals surface area contributed by atoms with E-state index in [4.69, 9.17) is 32.8 Å². The van der Waals surface area contributed by atoms with Crippen molar-refractivity contribution in [3.05, 3.63) is 68.7 Å². The third kappa shape index (κ3) is 6.09. The molecule has 0 radical (unpaired) electrons. The third-order valence-electron chi connectivity index (χ3n) is 6.95. The molecule has 0 aliphatic carbocycles. The van der Waals surface area contributed by atoms with Gasteiger partial charge in [-0.3, -0.25) is 9.59 Å². The molecule has 18 heteroatoms. The second kappa shape index (κ2) is 10.4. The van der Waals surface area contributed by atoms with E-state index in [9.17, 15) is 49.1 Å². The van der Waals surface area contributed by atoms with Gasteiger partial charge in [-0.25, -0.2) is 0 Å². The maximum absolute atomic E-state index is 14.3. The highest BCUT2D eigenvalue weighted by Crippen LogP contribution is 2.50. The van der Waals surface area contributed by atoms with Crippen LogP contribution in [0.15, 0.2) is 41.6 Å². The van der Waals surface area contributed by atoms with Crippen LogP contribution in [-0.4, -0.2) is 71.6 Å². The molecule has 2 fully saturated rings. The first-order chi connectivity index (χ1) is 19.8. The van der Waals surface area contributed by atoms with Crippen LogP contribution in [-0.2, 0) is 26.1 Å². The lowest BCUT2D eigenvalue weighted by molar-refractivity contribution is -0.275. The summed E-state index contributed by atoms with van der Waals surface area (Å²) in [7, 11) is 0. The van der Waals surface area contributed by atoms with Crippen LogP contribution in [0, 0.1) is 0 Å². The summed E-state index contributed by atoms with van der Waals surface area (Å²) in [6.45, 7) is -3.11. The number of rotatable bonds is 4. The van der Waals surface area contributed by atoms with E-state index in [2.05, 4.69) is 5.16 Å². The molecule has 7 nitrogen and oxygen atoms in total. The Hall–Kier alpha value is -3.24. The number of fused-ring (bicyclic) bond motifs is 1. The predicted octanol–water partition coefficient (Wildman–Crippen LogP) is 6.17. The molecule has 0 spiro atoms. The molecular weight excluding hydrogens is 648 g/mol. The van der Waals surface area contributed by atoms with Crippen molar-refractivity contribution in [3.8, 4) is 0 Å². The third-order valence-corrected chi connectivity index (χ3v) is 7.39. The van der Waals surface area contributed by atoms with Crippen LogP contribution in [0.2, 0.25) is 10.0 Å². The Labute approximate surface area is 245 Å². The summed E-state index contributed by atoms with van der Waals surface area (Å²) in [6.07, 6.45) is -18.6. The van der Waals surface area contributed by atoms with E-state index < -0.39 is 102 Å². The number of hydrogen-bond donors (Lipinski definition) is 0. The maximum Gasteiger partial charge on any atom is 0.435 e. The first-order valence-electron chi connectivity index (χ1n) is 12.1. The largest absolute Gasteiger partial charge is 0.435 e. The highest BCUT2D eigenvalue weighted by Gasteiger charge is 2.62. The molecule has 43 heavy (non-hydrogen) atoms. The average Bonchev–Trinajstić information content (AvgIpc) is 3.49. The Balaban J connectivity index is 1.45. The number of oxime groups is 1. The van der Waals surface area contributed by atoms with Gasteiger partial charge >= 0.3 is 18.5 Å². The zero-order chi connectivity index (χ0) is 31.7. The van der Waals surface area contributed by atoms with Crippen LogP contribution >= 0.6 is 23.2 Å². The van der Waals surface area contributed by atoms with Gasteiger partial charge in [-0.1, -0.05) is 34.4 Å². The summed E-state index contributed by atoms with van der Waals surface area (Å²) in [5.41, 5.74) is -7.26. The molecule has 3 heterocycles. The van der Waals surface area contributed by atoms with Crippen LogP contribution in [0.5, 0.6) is 0 Å². The first-order valence-corrected chi connectivity index (χ1v) is 12.9. The first kappa shape index (κ1) is 31.2. The van der Waals surface area contributed by atoms with Crippen LogP contribution < -0.4 is 0 Å². The Morgan fingerprint density at radius 1 is 1.00 bits per heavy atom. The molecule has 0 aromatic heterocycles. The number of ether oxygens (including phenoxy) is 1. The quantitative estimate of drug-likeness (QED) is 0.290. The minimum absolute atomic E-state index is 0.165. The Bertz CT molecular complexity index is 1490. The lowest BCUT2D eigenvalue weighted by Gasteiger charge is -2.29. The second-order valence-electron chi connectivity index (χ2n) is 9.93. The standard InChI is InChI=1S/C25H16Cl2F9N3O4/c26-13-4-12(5-14(27)6-13)22(25(34,35)36)7-17(37-43-22)11-1-2-15(16(3-11)24(31,32)33)20(41)38-8-18-21(42-18)39(19(40)9-38)10-23(28,29)30/h1-6,18,21H,7-10H2. The van der Waals surface area contributed by atoms with Crippen LogP contribution in [0.4, 0.5) is 39.5 Å². The monoisotopic (exact) mass is 663 g/mol. The SMILES string of the molecule is O=C(c1ccc(C2=NOC(c3cc(Cl)cc(Cl)c3)(C(F)(F)F)C2)cc1C(F)(F)F)N1CC(=O)N(CC(F)(F)F)C2OC2C1. The van der Waals surface area contributed by atoms with Gasteiger partial charge in [-0.2, -0.15) is 39.5 Å². The predicted molar refractivity (Wildman–Crippen MR) is 130 cm³/mol. The summed E-state index contributed by atoms with van der Waals surface area (Å²) < 4.78 is 129. The van der Waals surface area contributed by atoms with E-state index in [-0.39, 0.29) is 10.0 Å². The fraction of sp³-hybridized carbons (Fsp3) is 0.400. The molecule has 232 valence electrons. The summed E-state index contributed by atoms with van der Waals surface area (Å²) in [4.78, 5) is 31.4. The lowest BCUT2D eigenvalue weighted by Crippen LogP contribution is -2.45. The summed E-state index contributed by atoms with van der Waals surface area (Å²) in [6, 6.07) is 5.01. The number of epoxide rings is 1. The summed E-state index contributed by atoms with van der Waals surface area (Å²) in [5, 5.41) is 3.08. The van der Waals surface area contributed by atoms with Gasteiger partial charge in [0.1, 0.15) is 19.2 Å². The molecule has 2 saturated heterocycles. The molecule has 2 amide bonds. The molecule has 3 atom stereocenters. The van der Waals surface area contributed by atoms with Crippen LogP contribution in [0.3, 0.4) is 0 Å². The molecule has 5 rings (SSSR count). The van der Waals surface area contributed by atoms with Gasteiger partial charge < -0.3 is 19.4 Å². The van der Waals surface area contributed by atoms with Crippen LogP contribution in [0.25, 0.3) is 0 Å². The molecule has 3 unspecified atom stereocenters. The topological polar surface area (TPSA) is 74.7 Å². The van der Waals surface area contributed by atoms with Gasteiger partial charge in [0.05, 0.1) is 23.4 Å². The number of amides is 2. The van der Waals surface area contributed by atoms with Crippen LogP contribution in [0.1, 0.15) is 33.5 Å². The minimum atomic E-state index is -5.22. The van der Waals surface area contributed by atoms with E-state index in [1.807, 2.05) is 0 Å². The molecular formula is C25H16Cl2F9N3O4. The Morgan fingerprint density at radius 2 is 1.65 bits per heavy atom. The minimum Gasteiger partial charge on any atom is -0.374 e. The fourth-order valence-corrected chi connectivity index (χ4v) is 5.43. The van der Waals surface area contributed by atoms with Gasteiger partial charge in [0.2, 0.25) is 5.91 Å². The van der Waals surface area contributed by atoms with Gasteiger partial charge in [0.15, 0.2) is 6.23 Å². The molecule has 3 aliphatic rings. The van der Waals surface area contributed by atoms with E-state index in [0.29, 0.717) is 21.9 Å². The summed E-state index contributed by atoms with van der Waals surface area (Å²) >= 11 is 11.7. The van der Waals surface area contributed by atoms with E-state index >= 15 is 0 Å². The van der Waals surface area contributed by atoms with Crippen molar-refractivity contribution in [2.75, 3.05) is 19.6 Å². The zero-order valence-corrected chi connectivity index (χ0v) is 22.6. The molecule has 0 saturated carbocycles. The number of alkyl halides is 9. The lowest BCUT2D eigenvalue weighted by atomic mass is 9.86. The fourth-order valence-electron chi connectivity index (χ4n) is 4.91. The molecule has 3 aliphatic heterocycles. The van der Waals surface area contributed by atoms with Crippen molar-refractivity contribution in [1.29, 1.82) is 0 Å². The van der Waals surface area contributed by atoms with Crippen molar-refractivity contribution < 1.29 is 58.7 Å². The number of carbonyl (C=O) groups excluding carboxylic acids is 2. The van der Waals surface area contributed by atoms with E-state index in [0.717, 1.165) is 18.2 Å². The van der Waals surface area contributed by atoms with Gasteiger partial charge in [-0.05, 0) is 30.3 Å². The number of carbonyl (C=O) groups is 2. The number of halogens is 11. The van der Waals surface area contributed by atoms with Gasteiger partial charge in [-0.15, -0.1) is 0 Å². The van der Waals surface area contributed by atoms with Crippen molar-refractivity contribution >= 4 is 40.7 Å². The molecule has 2 aromatic rings. The smallest absolute Gasteiger partial charge is 0.374 e. The van der Waals surface area contributed by atoms with Gasteiger partial charge in [0.25, 0.3) is 11.5 Å². The Morgan fingerprint density at radius 3 is 2.23 bits per heavy atom. The average molecular weight is 664 g/mol. The molecule has 2 aromatic carbocycles. The van der Waals surface area contributed by atoms with E-state index in [1.54, 1.807) is 0 Å².